The van der Waals surface area contributed by atoms with E-state index in [1.807, 2.05) is 0 Å². The number of unbranched alkanes of at least 4 members (excludes halogenated alkanes) is 3. The van der Waals surface area contributed by atoms with Gasteiger partial charge in [0.05, 0.1) is 0 Å². The molecule has 0 amide bonds. The first-order valence-corrected chi connectivity index (χ1v) is 6.79. The van der Waals surface area contributed by atoms with E-state index in [0.29, 0.717) is 13.2 Å². The van der Waals surface area contributed by atoms with Crippen molar-refractivity contribution in [3.8, 4) is 0 Å². The van der Waals surface area contributed by atoms with Crippen molar-refractivity contribution in [2.45, 2.75) is 38.6 Å². The van der Waals surface area contributed by atoms with E-state index in [1.165, 1.54) is 29.7 Å². The van der Waals surface area contributed by atoms with Gasteiger partial charge in [0.1, 0.15) is 0 Å². The van der Waals surface area contributed by atoms with Crippen LogP contribution in [0.25, 0.3) is 0 Å². The van der Waals surface area contributed by atoms with Crippen LogP contribution in [0.3, 0.4) is 0 Å². The predicted octanol–water partition coefficient (Wildman–Crippen LogP) is 2.31. The summed E-state index contributed by atoms with van der Waals surface area (Å²) < 4.78 is 0. The van der Waals surface area contributed by atoms with Gasteiger partial charge in [-0.05, 0) is 36.5 Å². The van der Waals surface area contributed by atoms with Crippen LogP contribution in [-0.2, 0) is 13.0 Å². The second-order valence-corrected chi connectivity index (χ2v) is 4.95. The lowest BCUT2D eigenvalue weighted by Gasteiger charge is -2.18. The van der Waals surface area contributed by atoms with E-state index in [4.69, 9.17) is 10.8 Å². The number of aryl methyl sites for hydroxylation is 1. The Morgan fingerprint density at radius 3 is 2.44 bits per heavy atom. The number of rotatable bonds is 8. The molecule has 1 aromatic rings. The maximum absolute atomic E-state index is 8.72. The van der Waals surface area contributed by atoms with Gasteiger partial charge in [-0.15, -0.1) is 0 Å². The smallest absolute Gasteiger partial charge is 0.0431 e. The minimum Gasteiger partial charge on any atom is -0.396 e. The maximum Gasteiger partial charge on any atom is 0.0431 e. The Morgan fingerprint density at radius 1 is 1.11 bits per heavy atom. The molecule has 0 saturated carbocycles. The molecule has 3 N–H and O–H groups in total. The molecule has 0 atom stereocenters. The summed E-state index contributed by atoms with van der Waals surface area (Å²) in [5.41, 5.74) is 9.54. The zero-order chi connectivity index (χ0) is 13.4. The Balaban J connectivity index is 2.53. The Hall–Kier alpha value is -1.06. The van der Waals surface area contributed by atoms with Gasteiger partial charge in [-0.2, -0.15) is 0 Å². The Bertz CT molecular complexity index is 350. The van der Waals surface area contributed by atoms with Crippen LogP contribution in [0.4, 0.5) is 5.69 Å². The molecule has 0 unspecified atom stereocenters. The predicted molar refractivity (Wildman–Crippen MR) is 77.9 cm³/mol. The van der Waals surface area contributed by atoms with Crippen LogP contribution in [0, 0.1) is 0 Å². The van der Waals surface area contributed by atoms with Crippen molar-refractivity contribution < 1.29 is 5.11 Å². The van der Waals surface area contributed by atoms with E-state index in [1.54, 1.807) is 0 Å². The van der Waals surface area contributed by atoms with Crippen LogP contribution < -0.4 is 10.6 Å². The molecule has 0 aliphatic heterocycles. The van der Waals surface area contributed by atoms with E-state index in [-0.39, 0.29) is 0 Å². The van der Waals surface area contributed by atoms with Gasteiger partial charge >= 0.3 is 0 Å². The third-order valence-corrected chi connectivity index (χ3v) is 3.22. The first-order chi connectivity index (χ1) is 8.69. The van der Waals surface area contributed by atoms with Crippen LogP contribution in [0.5, 0.6) is 0 Å². The highest BCUT2D eigenvalue weighted by Crippen LogP contribution is 2.21. The van der Waals surface area contributed by atoms with Gasteiger partial charge in [0.2, 0.25) is 0 Å². The maximum atomic E-state index is 8.72. The molecule has 3 heteroatoms. The minimum absolute atomic E-state index is 0.315. The molecule has 0 bridgehead atoms. The van der Waals surface area contributed by atoms with Gasteiger partial charge in [-0.1, -0.05) is 25.0 Å². The van der Waals surface area contributed by atoms with Crippen LogP contribution in [0.2, 0.25) is 0 Å². The molecular formula is C15H26N2O. The Kier molecular flexibility index (Phi) is 6.76. The molecule has 0 spiro atoms. The summed E-state index contributed by atoms with van der Waals surface area (Å²) in [5, 5.41) is 8.72. The third-order valence-electron chi connectivity index (χ3n) is 3.22. The highest BCUT2D eigenvalue weighted by molar-refractivity contribution is 5.54. The van der Waals surface area contributed by atoms with Crippen molar-refractivity contribution >= 4 is 5.69 Å². The fourth-order valence-corrected chi connectivity index (χ4v) is 2.15. The molecule has 0 saturated heterocycles. The zero-order valence-electron chi connectivity index (χ0n) is 11.7. The number of hydrogen-bond donors (Lipinski definition) is 2. The second kappa shape index (κ2) is 8.11. The first kappa shape index (κ1) is 15.0. The molecule has 102 valence electrons. The van der Waals surface area contributed by atoms with Crippen molar-refractivity contribution in [3.05, 3.63) is 29.3 Å². The topological polar surface area (TPSA) is 49.5 Å². The monoisotopic (exact) mass is 250 g/mol. The molecule has 0 aliphatic carbocycles. The largest absolute Gasteiger partial charge is 0.396 e. The zero-order valence-corrected chi connectivity index (χ0v) is 11.7. The Labute approximate surface area is 111 Å². The van der Waals surface area contributed by atoms with Crippen molar-refractivity contribution in [3.63, 3.8) is 0 Å². The quantitative estimate of drug-likeness (QED) is 0.696. The lowest BCUT2D eigenvalue weighted by atomic mass is 10.0. The van der Waals surface area contributed by atoms with Gasteiger partial charge < -0.3 is 15.7 Å². The van der Waals surface area contributed by atoms with Gasteiger partial charge in [-0.25, -0.2) is 0 Å². The van der Waals surface area contributed by atoms with Crippen molar-refractivity contribution in [1.29, 1.82) is 0 Å². The molecule has 0 radical (unpaired) electrons. The number of aliphatic hydroxyl groups excluding tert-OH is 1. The van der Waals surface area contributed by atoms with Crippen molar-refractivity contribution in [2.75, 3.05) is 25.6 Å². The normalized spacial score (nSPS) is 10.7. The number of anilines is 1. The SMILES string of the molecule is CN(C)c1cc(CCCCCCO)ccc1CN. The van der Waals surface area contributed by atoms with E-state index >= 15 is 0 Å². The minimum atomic E-state index is 0.315. The summed E-state index contributed by atoms with van der Waals surface area (Å²) in [6.07, 6.45) is 5.54. The van der Waals surface area contributed by atoms with Gasteiger partial charge in [0, 0.05) is 32.9 Å². The highest BCUT2D eigenvalue weighted by atomic mass is 16.2. The number of aliphatic hydroxyl groups is 1. The molecule has 0 heterocycles. The van der Waals surface area contributed by atoms with Crippen molar-refractivity contribution in [1.82, 2.24) is 0 Å². The summed E-state index contributed by atoms with van der Waals surface area (Å²) in [7, 11) is 4.11. The molecule has 1 aromatic carbocycles. The summed E-state index contributed by atoms with van der Waals surface area (Å²) in [4.78, 5) is 2.12. The first-order valence-electron chi connectivity index (χ1n) is 6.79. The summed E-state index contributed by atoms with van der Waals surface area (Å²) in [6, 6.07) is 6.56. The molecule has 3 nitrogen and oxygen atoms in total. The fraction of sp³-hybridized carbons (Fsp3) is 0.600. The lowest BCUT2D eigenvalue weighted by Crippen LogP contribution is -2.13. The number of nitrogens with zero attached hydrogens (tertiary/aromatic N) is 1. The molecular weight excluding hydrogens is 224 g/mol. The summed E-state index contributed by atoms with van der Waals surface area (Å²) in [5.74, 6) is 0. The molecule has 0 fully saturated rings. The molecule has 0 aromatic heterocycles. The summed E-state index contributed by atoms with van der Waals surface area (Å²) >= 11 is 0. The fourth-order valence-electron chi connectivity index (χ4n) is 2.15. The Morgan fingerprint density at radius 2 is 1.83 bits per heavy atom. The number of nitrogens with two attached hydrogens (primary N) is 1. The highest BCUT2D eigenvalue weighted by Gasteiger charge is 2.04. The van der Waals surface area contributed by atoms with Crippen LogP contribution in [-0.4, -0.2) is 25.8 Å². The molecule has 18 heavy (non-hydrogen) atoms. The van der Waals surface area contributed by atoms with E-state index in [0.717, 1.165) is 19.3 Å². The average molecular weight is 250 g/mol. The second-order valence-electron chi connectivity index (χ2n) is 4.95. The average Bonchev–Trinajstić information content (AvgIpc) is 2.38. The molecule has 0 aliphatic rings. The van der Waals surface area contributed by atoms with Crippen LogP contribution in [0.1, 0.15) is 36.8 Å². The summed E-state index contributed by atoms with van der Waals surface area (Å²) in [6.45, 7) is 0.903. The molecule has 1 rings (SSSR count). The van der Waals surface area contributed by atoms with Gasteiger partial charge in [0.15, 0.2) is 0 Å². The van der Waals surface area contributed by atoms with Crippen LogP contribution in [0.15, 0.2) is 18.2 Å². The standard InChI is InChI=1S/C15H26N2O/c1-17(2)15-11-13(8-9-14(15)12-16)7-5-3-4-6-10-18/h8-9,11,18H,3-7,10,12,16H2,1-2H3. The third kappa shape index (κ3) is 4.67. The van der Waals surface area contributed by atoms with Crippen LogP contribution >= 0.6 is 0 Å². The van der Waals surface area contributed by atoms with Gasteiger partial charge in [0.25, 0.3) is 0 Å². The van der Waals surface area contributed by atoms with E-state index in [9.17, 15) is 0 Å². The van der Waals surface area contributed by atoms with Crippen molar-refractivity contribution in [2.24, 2.45) is 5.73 Å². The number of benzene rings is 1. The lowest BCUT2D eigenvalue weighted by molar-refractivity contribution is 0.282. The van der Waals surface area contributed by atoms with Gasteiger partial charge in [-0.3, -0.25) is 0 Å². The van der Waals surface area contributed by atoms with E-state index < -0.39 is 0 Å². The number of hydrogen-bond acceptors (Lipinski definition) is 3. The van der Waals surface area contributed by atoms with E-state index in [2.05, 4.69) is 37.2 Å².